The lowest BCUT2D eigenvalue weighted by molar-refractivity contribution is -0.146. The van der Waals surface area contributed by atoms with E-state index in [2.05, 4.69) is 5.32 Å². The highest BCUT2D eigenvalue weighted by atomic mass is 16.4. The average Bonchev–Trinajstić information content (AvgIpc) is 2.81. The summed E-state index contributed by atoms with van der Waals surface area (Å²) in [5.74, 6) is -0.947. The largest absolute Gasteiger partial charge is 0.481 e. The molecule has 0 aromatic rings. The summed E-state index contributed by atoms with van der Waals surface area (Å²) >= 11 is 0. The van der Waals surface area contributed by atoms with Gasteiger partial charge in [0.15, 0.2) is 0 Å². The predicted octanol–water partition coefficient (Wildman–Crippen LogP) is -0.0809. The molecular formula is C11H18N2O3. The van der Waals surface area contributed by atoms with Crippen molar-refractivity contribution in [3.05, 3.63) is 0 Å². The molecule has 0 radical (unpaired) electrons. The van der Waals surface area contributed by atoms with E-state index < -0.39 is 5.97 Å². The van der Waals surface area contributed by atoms with Crippen LogP contribution in [0.4, 0.5) is 0 Å². The maximum Gasteiger partial charge on any atom is 0.308 e. The lowest BCUT2D eigenvalue weighted by atomic mass is 9.96. The number of aliphatic carboxylic acids is 1. The summed E-state index contributed by atoms with van der Waals surface area (Å²) in [7, 11) is 0. The third-order valence-corrected chi connectivity index (χ3v) is 3.49. The molecule has 0 saturated carbocycles. The first-order valence-corrected chi connectivity index (χ1v) is 5.91. The molecule has 2 fully saturated rings. The Labute approximate surface area is 94.8 Å². The Morgan fingerprint density at radius 1 is 1.25 bits per heavy atom. The van der Waals surface area contributed by atoms with Crippen molar-refractivity contribution >= 4 is 11.9 Å². The molecule has 2 heterocycles. The highest BCUT2D eigenvalue weighted by molar-refractivity contribution is 5.80. The van der Waals surface area contributed by atoms with Crippen LogP contribution >= 0.6 is 0 Å². The first-order chi connectivity index (χ1) is 7.68. The van der Waals surface area contributed by atoms with Gasteiger partial charge in [-0.15, -0.1) is 0 Å². The van der Waals surface area contributed by atoms with E-state index in [0.29, 0.717) is 13.0 Å². The molecule has 90 valence electrons. The fourth-order valence-corrected chi connectivity index (χ4v) is 2.50. The van der Waals surface area contributed by atoms with Crippen molar-refractivity contribution in [1.82, 2.24) is 10.2 Å². The van der Waals surface area contributed by atoms with Gasteiger partial charge in [0.2, 0.25) is 5.91 Å². The Bertz CT molecular complexity index is 287. The van der Waals surface area contributed by atoms with Gasteiger partial charge in [-0.2, -0.15) is 0 Å². The summed E-state index contributed by atoms with van der Waals surface area (Å²) < 4.78 is 0. The molecule has 5 heteroatoms. The highest BCUT2D eigenvalue weighted by Crippen LogP contribution is 2.20. The number of carboxylic acids is 1. The molecule has 0 spiro atoms. The summed E-state index contributed by atoms with van der Waals surface area (Å²) in [4.78, 5) is 24.7. The molecule has 16 heavy (non-hydrogen) atoms. The van der Waals surface area contributed by atoms with Gasteiger partial charge in [0.05, 0.1) is 11.8 Å². The van der Waals surface area contributed by atoms with Gasteiger partial charge in [-0.3, -0.25) is 9.59 Å². The number of hydrogen-bond donors (Lipinski definition) is 2. The van der Waals surface area contributed by atoms with Gasteiger partial charge >= 0.3 is 5.97 Å². The van der Waals surface area contributed by atoms with Gasteiger partial charge in [-0.05, 0) is 25.8 Å². The average molecular weight is 226 g/mol. The zero-order chi connectivity index (χ0) is 11.5. The number of carbonyl (C=O) groups excluding carboxylic acids is 1. The van der Waals surface area contributed by atoms with Gasteiger partial charge in [0.25, 0.3) is 0 Å². The van der Waals surface area contributed by atoms with Crippen molar-refractivity contribution in [2.45, 2.75) is 19.3 Å². The second-order valence-electron chi connectivity index (χ2n) is 4.65. The van der Waals surface area contributed by atoms with Gasteiger partial charge in [-0.25, -0.2) is 0 Å². The summed E-state index contributed by atoms with van der Waals surface area (Å²) in [6.07, 6.45) is 2.39. The topological polar surface area (TPSA) is 69.6 Å². The molecule has 2 rings (SSSR count). The monoisotopic (exact) mass is 226 g/mol. The van der Waals surface area contributed by atoms with Crippen LogP contribution in [0.3, 0.4) is 0 Å². The molecule has 1 unspecified atom stereocenters. The van der Waals surface area contributed by atoms with Crippen molar-refractivity contribution < 1.29 is 14.7 Å². The van der Waals surface area contributed by atoms with E-state index in [1.807, 2.05) is 0 Å². The van der Waals surface area contributed by atoms with Crippen LogP contribution in [0.1, 0.15) is 19.3 Å². The smallest absolute Gasteiger partial charge is 0.308 e. The van der Waals surface area contributed by atoms with E-state index in [1.165, 1.54) is 0 Å². The van der Waals surface area contributed by atoms with Crippen LogP contribution in [-0.2, 0) is 9.59 Å². The second kappa shape index (κ2) is 4.82. The van der Waals surface area contributed by atoms with Crippen LogP contribution in [0.5, 0.6) is 0 Å². The summed E-state index contributed by atoms with van der Waals surface area (Å²) in [5, 5.41) is 12.1. The molecule has 2 saturated heterocycles. The second-order valence-corrected chi connectivity index (χ2v) is 4.65. The van der Waals surface area contributed by atoms with E-state index in [0.717, 1.165) is 32.5 Å². The Morgan fingerprint density at radius 3 is 2.69 bits per heavy atom. The molecule has 0 aromatic heterocycles. The predicted molar refractivity (Wildman–Crippen MR) is 57.9 cm³/mol. The molecule has 2 aliphatic rings. The first kappa shape index (κ1) is 11.4. The van der Waals surface area contributed by atoms with Crippen LogP contribution in [0.25, 0.3) is 0 Å². The lowest BCUT2D eigenvalue weighted by Crippen LogP contribution is -2.45. The molecule has 0 aromatic carbocycles. The number of carbonyl (C=O) groups is 2. The minimum atomic E-state index is -0.776. The quantitative estimate of drug-likeness (QED) is 0.691. The molecule has 0 aliphatic carbocycles. The Balaban J connectivity index is 1.93. The number of likely N-dealkylation sites (tertiary alicyclic amines) is 1. The Hall–Kier alpha value is -1.10. The third-order valence-electron chi connectivity index (χ3n) is 3.49. The van der Waals surface area contributed by atoms with Crippen molar-refractivity contribution in [2.24, 2.45) is 11.8 Å². The van der Waals surface area contributed by atoms with Gasteiger partial charge in [-0.1, -0.05) is 0 Å². The molecule has 2 aliphatic heterocycles. The number of rotatable bonds is 2. The normalized spacial score (nSPS) is 30.4. The van der Waals surface area contributed by atoms with Crippen molar-refractivity contribution in [1.29, 1.82) is 0 Å². The standard InChI is InChI=1S/C11H18N2O3/c14-10(8-3-4-12-6-8)13-5-1-2-9(7-13)11(15)16/h8-9,12H,1-7H2,(H,15,16)/t8?,9-/m1/s1. The Morgan fingerprint density at radius 2 is 2.06 bits per heavy atom. The molecule has 5 nitrogen and oxygen atoms in total. The number of hydrogen-bond acceptors (Lipinski definition) is 3. The molecular weight excluding hydrogens is 208 g/mol. The van der Waals surface area contributed by atoms with Gasteiger partial charge in [0, 0.05) is 19.6 Å². The lowest BCUT2D eigenvalue weighted by Gasteiger charge is -2.32. The molecule has 0 bridgehead atoms. The van der Waals surface area contributed by atoms with E-state index in [-0.39, 0.29) is 17.7 Å². The number of nitrogens with one attached hydrogen (secondary N) is 1. The minimum Gasteiger partial charge on any atom is -0.481 e. The molecule has 2 N–H and O–H groups in total. The van der Waals surface area contributed by atoms with Crippen molar-refractivity contribution in [2.75, 3.05) is 26.2 Å². The summed E-state index contributed by atoms with van der Waals surface area (Å²) in [5.41, 5.74) is 0. The molecule has 1 amide bonds. The zero-order valence-corrected chi connectivity index (χ0v) is 9.32. The van der Waals surface area contributed by atoms with E-state index >= 15 is 0 Å². The molecule has 2 atom stereocenters. The summed E-state index contributed by atoms with van der Waals surface area (Å²) in [6.45, 7) is 2.75. The maximum atomic E-state index is 12.1. The van der Waals surface area contributed by atoms with Crippen LogP contribution in [0.2, 0.25) is 0 Å². The van der Waals surface area contributed by atoms with Crippen LogP contribution in [0.15, 0.2) is 0 Å². The fraction of sp³-hybridized carbons (Fsp3) is 0.818. The van der Waals surface area contributed by atoms with Gasteiger partial charge in [0.1, 0.15) is 0 Å². The van der Waals surface area contributed by atoms with E-state index in [4.69, 9.17) is 5.11 Å². The zero-order valence-electron chi connectivity index (χ0n) is 9.32. The first-order valence-electron chi connectivity index (χ1n) is 5.91. The Kier molecular flexibility index (Phi) is 3.43. The van der Waals surface area contributed by atoms with Crippen LogP contribution in [-0.4, -0.2) is 48.1 Å². The number of carboxylic acid groups (broad SMARTS) is 1. The number of amides is 1. The minimum absolute atomic E-state index is 0.0625. The third kappa shape index (κ3) is 2.35. The van der Waals surface area contributed by atoms with Crippen LogP contribution in [0, 0.1) is 11.8 Å². The summed E-state index contributed by atoms with van der Waals surface area (Å²) in [6, 6.07) is 0. The van der Waals surface area contributed by atoms with E-state index in [1.54, 1.807) is 4.90 Å². The fourth-order valence-electron chi connectivity index (χ4n) is 2.50. The SMILES string of the molecule is O=C(O)[C@@H]1CCCN(C(=O)C2CCNC2)C1. The number of piperidine rings is 1. The van der Waals surface area contributed by atoms with Gasteiger partial charge < -0.3 is 15.3 Å². The van der Waals surface area contributed by atoms with Crippen molar-refractivity contribution in [3.63, 3.8) is 0 Å². The van der Waals surface area contributed by atoms with Crippen LogP contribution < -0.4 is 5.32 Å². The maximum absolute atomic E-state index is 12.1. The van der Waals surface area contributed by atoms with Crippen molar-refractivity contribution in [3.8, 4) is 0 Å². The number of nitrogens with zero attached hydrogens (tertiary/aromatic N) is 1. The van der Waals surface area contributed by atoms with E-state index in [9.17, 15) is 9.59 Å². The highest BCUT2D eigenvalue weighted by Gasteiger charge is 2.32.